The first kappa shape index (κ1) is 13.1. The van der Waals surface area contributed by atoms with Crippen molar-refractivity contribution >= 4 is 11.6 Å². The average molecular weight is 262 g/mol. The highest BCUT2D eigenvalue weighted by Gasteiger charge is 2.04. The van der Waals surface area contributed by atoms with Gasteiger partial charge < -0.3 is 0 Å². The van der Waals surface area contributed by atoms with Crippen LogP contribution in [-0.2, 0) is 11.4 Å². The predicted octanol–water partition coefficient (Wildman–Crippen LogP) is 4.12. The zero-order valence-corrected chi connectivity index (χ0v) is 11.0. The highest BCUT2D eigenvalue weighted by atomic mass is 35.5. The maximum absolute atomic E-state index is 5.85. The van der Waals surface area contributed by atoms with E-state index in [1.807, 2.05) is 61.5 Å². The number of nitrogens with one attached hydrogen (secondary N) is 1. The standard InChI is InChI=1S/C15H16ClNO/c1-12(14-7-9-15(16)10-8-14)17-18-11-13-5-3-2-4-6-13/h2-10,12,17H,11H2,1H3. The van der Waals surface area contributed by atoms with Crippen molar-refractivity contribution in [2.24, 2.45) is 0 Å². The normalized spacial score (nSPS) is 12.3. The number of hydrogen-bond acceptors (Lipinski definition) is 2. The molecule has 0 aliphatic rings. The summed E-state index contributed by atoms with van der Waals surface area (Å²) in [7, 11) is 0. The SMILES string of the molecule is CC(NOCc1ccccc1)c1ccc(Cl)cc1. The lowest BCUT2D eigenvalue weighted by molar-refractivity contribution is 0.00698. The van der Waals surface area contributed by atoms with Crippen molar-refractivity contribution in [2.45, 2.75) is 19.6 Å². The summed E-state index contributed by atoms with van der Waals surface area (Å²) in [6.45, 7) is 2.60. The van der Waals surface area contributed by atoms with Gasteiger partial charge in [-0.25, -0.2) is 0 Å². The summed E-state index contributed by atoms with van der Waals surface area (Å²) in [4.78, 5) is 5.48. The number of hydroxylamine groups is 1. The summed E-state index contributed by atoms with van der Waals surface area (Å²) >= 11 is 5.85. The van der Waals surface area contributed by atoms with E-state index in [1.165, 1.54) is 0 Å². The van der Waals surface area contributed by atoms with Crippen molar-refractivity contribution in [3.8, 4) is 0 Å². The van der Waals surface area contributed by atoms with Crippen LogP contribution < -0.4 is 5.48 Å². The minimum Gasteiger partial charge on any atom is -0.296 e. The average Bonchev–Trinajstić information content (AvgIpc) is 2.40. The predicted molar refractivity (Wildman–Crippen MR) is 74.2 cm³/mol. The molecule has 1 N–H and O–H groups in total. The minimum absolute atomic E-state index is 0.131. The maximum Gasteiger partial charge on any atom is 0.0933 e. The van der Waals surface area contributed by atoms with Gasteiger partial charge in [0.25, 0.3) is 0 Å². The molecule has 18 heavy (non-hydrogen) atoms. The summed E-state index contributed by atoms with van der Waals surface area (Å²) in [5, 5.41) is 0.746. The van der Waals surface area contributed by atoms with Crippen LogP contribution in [-0.4, -0.2) is 0 Å². The maximum atomic E-state index is 5.85. The van der Waals surface area contributed by atoms with E-state index in [9.17, 15) is 0 Å². The molecule has 0 heterocycles. The Morgan fingerprint density at radius 2 is 1.72 bits per heavy atom. The van der Waals surface area contributed by atoms with E-state index >= 15 is 0 Å². The van der Waals surface area contributed by atoms with E-state index in [0.29, 0.717) is 6.61 Å². The number of benzene rings is 2. The van der Waals surface area contributed by atoms with Gasteiger partial charge in [0.05, 0.1) is 12.6 Å². The molecular weight excluding hydrogens is 246 g/mol. The van der Waals surface area contributed by atoms with Crippen molar-refractivity contribution < 1.29 is 4.84 Å². The van der Waals surface area contributed by atoms with E-state index in [4.69, 9.17) is 16.4 Å². The Bertz CT molecular complexity index is 470. The van der Waals surface area contributed by atoms with Gasteiger partial charge in [0.2, 0.25) is 0 Å². The van der Waals surface area contributed by atoms with Crippen LogP contribution in [0.25, 0.3) is 0 Å². The molecular formula is C15H16ClNO. The van der Waals surface area contributed by atoms with Crippen LogP contribution in [0, 0.1) is 0 Å². The van der Waals surface area contributed by atoms with Crippen molar-refractivity contribution in [3.63, 3.8) is 0 Å². The fourth-order valence-corrected chi connectivity index (χ4v) is 1.77. The van der Waals surface area contributed by atoms with Crippen molar-refractivity contribution in [3.05, 3.63) is 70.7 Å². The van der Waals surface area contributed by atoms with E-state index < -0.39 is 0 Å². The molecule has 0 aliphatic heterocycles. The molecule has 0 aromatic heterocycles. The van der Waals surface area contributed by atoms with Crippen LogP contribution in [0.1, 0.15) is 24.1 Å². The lowest BCUT2D eigenvalue weighted by Crippen LogP contribution is -2.18. The zero-order chi connectivity index (χ0) is 12.8. The Hall–Kier alpha value is -1.35. The molecule has 2 aromatic carbocycles. The Balaban J connectivity index is 1.81. The van der Waals surface area contributed by atoms with Gasteiger partial charge in [-0.15, -0.1) is 0 Å². The van der Waals surface area contributed by atoms with Crippen molar-refractivity contribution in [2.75, 3.05) is 0 Å². The van der Waals surface area contributed by atoms with Crippen molar-refractivity contribution in [1.82, 2.24) is 5.48 Å². The van der Waals surface area contributed by atoms with Crippen LogP contribution in [0.4, 0.5) is 0 Å². The third-order valence-corrected chi connectivity index (χ3v) is 2.96. The first-order valence-corrected chi connectivity index (χ1v) is 6.30. The monoisotopic (exact) mass is 261 g/mol. The fraction of sp³-hybridized carbons (Fsp3) is 0.200. The molecule has 0 radical (unpaired) electrons. The summed E-state index contributed by atoms with van der Waals surface area (Å²) in [6.07, 6.45) is 0. The second-order valence-corrected chi connectivity index (χ2v) is 4.60. The Labute approximate surface area is 113 Å². The Morgan fingerprint density at radius 3 is 2.39 bits per heavy atom. The molecule has 0 aliphatic carbocycles. The van der Waals surface area contributed by atoms with E-state index in [-0.39, 0.29) is 6.04 Å². The molecule has 0 saturated carbocycles. The summed E-state index contributed by atoms with van der Waals surface area (Å²) in [5.41, 5.74) is 5.32. The van der Waals surface area contributed by atoms with E-state index in [2.05, 4.69) is 5.48 Å². The second-order valence-electron chi connectivity index (χ2n) is 4.17. The lowest BCUT2D eigenvalue weighted by Gasteiger charge is -2.14. The smallest absolute Gasteiger partial charge is 0.0933 e. The quantitative estimate of drug-likeness (QED) is 0.818. The van der Waals surface area contributed by atoms with Gasteiger partial charge in [-0.1, -0.05) is 54.1 Å². The number of hydrogen-bond donors (Lipinski definition) is 1. The van der Waals surface area contributed by atoms with Crippen LogP contribution in [0.3, 0.4) is 0 Å². The van der Waals surface area contributed by atoms with Crippen molar-refractivity contribution in [1.29, 1.82) is 0 Å². The second kappa shape index (κ2) is 6.55. The van der Waals surface area contributed by atoms with Crippen LogP contribution >= 0.6 is 11.6 Å². The molecule has 0 bridgehead atoms. The van der Waals surface area contributed by atoms with Gasteiger partial charge >= 0.3 is 0 Å². The molecule has 0 amide bonds. The van der Waals surface area contributed by atoms with Gasteiger partial charge in [-0.2, -0.15) is 5.48 Å². The first-order valence-electron chi connectivity index (χ1n) is 5.92. The first-order chi connectivity index (χ1) is 8.75. The molecule has 2 nitrogen and oxygen atoms in total. The van der Waals surface area contributed by atoms with Crippen LogP contribution in [0.2, 0.25) is 5.02 Å². The highest BCUT2D eigenvalue weighted by Crippen LogP contribution is 2.16. The van der Waals surface area contributed by atoms with Gasteiger partial charge in [-0.3, -0.25) is 4.84 Å². The third kappa shape index (κ3) is 3.84. The van der Waals surface area contributed by atoms with E-state index in [0.717, 1.165) is 16.1 Å². The molecule has 0 spiro atoms. The topological polar surface area (TPSA) is 21.3 Å². The minimum atomic E-state index is 0.131. The number of halogens is 1. The van der Waals surface area contributed by atoms with Crippen LogP contribution in [0.15, 0.2) is 54.6 Å². The fourth-order valence-electron chi connectivity index (χ4n) is 1.64. The van der Waals surface area contributed by atoms with Gasteiger partial charge in [-0.05, 0) is 30.2 Å². The third-order valence-electron chi connectivity index (χ3n) is 2.71. The van der Waals surface area contributed by atoms with E-state index in [1.54, 1.807) is 0 Å². The molecule has 2 rings (SSSR count). The molecule has 94 valence electrons. The summed E-state index contributed by atoms with van der Waals surface area (Å²) < 4.78 is 0. The van der Waals surface area contributed by atoms with Gasteiger partial charge in [0.1, 0.15) is 0 Å². The van der Waals surface area contributed by atoms with Gasteiger partial charge in [0.15, 0.2) is 0 Å². The largest absolute Gasteiger partial charge is 0.296 e. The molecule has 3 heteroatoms. The Morgan fingerprint density at radius 1 is 1.06 bits per heavy atom. The summed E-state index contributed by atoms with van der Waals surface area (Å²) in [5.74, 6) is 0. The van der Waals surface area contributed by atoms with Crippen LogP contribution in [0.5, 0.6) is 0 Å². The Kier molecular flexibility index (Phi) is 4.76. The molecule has 0 fully saturated rings. The molecule has 2 aromatic rings. The molecule has 1 atom stereocenters. The summed E-state index contributed by atoms with van der Waals surface area (Å²) in [6, 6.07) is 17.9. The molecule has 1 unspecified atom stereocenters. The van der Waals surface area contributed by atoms with Gasteiger partial charge in [0, 0.05) is 5.02 Å². The number of rotatable bonds is 5. The zero-order valence-electron chi connectivity index (χ0n) is 10.3. The highest BCUT2D eigenvalue weighted by molar-refractivity contribution is 6.30. The lowest BCUT2D eigenvalue weighted by atomic mass is 10.1. The molecule has 0 saturated heterocycles.